The molecule has 0 bridgehead atoms. The van der Waals surface area contributed by atoms with Crippen molar-refractivity contribution < 1.29 is 26.7 Å². The quantitative estimate of drug-likeness (QED) is 0.230. The van der Waals surface area contributed by atoms with Crippen LogP contribution < -0.4 is 14.5 Å². The molecule has 0 unspecified atom stereocenters. The van der Waals surface area contributed by atoms with Gasteiger partial charge in [-0.1, -0.05) is 12.1 Å². The summed E-state index contributed by atoms with van der Waals surface area (Å²) in [4.78, 5) is 3.62. The van der Waals surface area contributed by atoms with E-state index in [1.165, 1.54) is 0 Å². The number of hydrogen-bond acceptors (Lipinski definition) is 3. The molecule has 0 radical (unpaired) electrons. The molecule has 162 valence electrons. The third-order valence-corrected chi connectivity index (χ3v) is 5.40. The second-order valence-electron chi connectivity index (χ2n) is 7.75. The molecule has 0 fully saturated rings. The molecule has 4 rings (SSSR count). The number of rotatable bonds is 3. The normalized spacial score (nSPS) is 12.8. The number of benzene rings is 3. The molecule has 31 heavy (non-hydrogen) atoms. The van der Waals surface area contributed by atoms with Crippen LogP contribution in [0.25, 0.3) is 0 Å². The number of fused-ring (bicyclic) bond motifs is 2. The van der Waals surface area contributed by atoms with Crippen molar-refractivity contribution in [3.63, 3.8) is 0 Å². The molecule has 3 nitrogen and oxygen atoms in total. The Bertz CT molecular complexity index is 1110. The molecule has 0 atom stereocenters. The molecule has 0 N–H and O–H groups in total. The predicted molar refractivity (Wildman–Crippen MR) is 109 cm³/mol. The van der Waals surface area contributed by atoms with Gasteiger partial charge in [0.1, 0.15) is 11.5 Å². The van der Waals surface area contributed by atoms with Crippen molar-refractivity contribution in [2.24, 2.45) is 0 Å². The average molecular weight is 434 g/mol. The summed E-state index contributed by atoms with van der Waals surface area (Å²) < 4.78 is 77.4. The minimum absolute atomic E-state index is 0.281. The molecule has 0 saturated heterocycles. The molecule has 0 saturated carbocycles. The van der Waals surface area contributed by atoms with E-state index in [1.807, 2.05) is 38.0 Å². The Morgan fingerprint density at radius 3 is 1.39 bits per heavy atom. The minimum Gasteiger partial charge on any atom is -0.457 e. The van der Waals surface area contributed by atoms with E-state index in [0.29, 0.717) is 11.1 Å². The Morgan fingerprint density at radius 1 is 0.613 bits per heavy atom. The maximum Gasteiger partial charge on any atom is 0.200 e. The second kappa shape index (κ2) is 7.44. The van der Waals surface area contributed by atoms with Crippen LogP contribution in [0.2, 0.25) is 0 Å². The molecular weight excluding hydrogens is 415 g/mol. The third kappa shape index (κ3) is 3.26. The standard InChI is InChI=1S/C23H19F5N2O/c1-29(2)11-5-7-13-15(9-11)31-16-10-12(30(3)4)6-8-14(16)17(13)18-19(24)21(26)23(28)22(27)20(18)25/h5-10,17H,1-4H3. The van der Waals surface area contributed by atoms with E-state index in [0.717, 1.165) is 11.4 Å². The summed E-state index contributed by atoms with van der Waals surface area (Å²) >= 11 is 0. The highest BCUT2D eigenvalue weighted by atomic mass is 19.2. The molecule has 8 heteroatoms. The van der Waals surface area contributed by atoms with Gasteiger partial charge in [-0.3, -0.25) is 0 Å². The Labute approximate surface area is 176 Å². The zero-order chi connectivity index (χ0) is 22.6. The lowest BCUT2D eigenvalue weighted by atomic mass is 9.81. The van der Waals surface area contributed by atoms with Crippen molar-refractivity contribution in [3.05, 3.63) is 82.2 Å². The summed E-state index contributed by atoms with van der Waals surface area (Å²) in [5, 5.41) is 0. The first-order chi connectivity index (χ1) is 14.6. The molecule has 0 spiro atoms. The predicted octanol–water partition coefficient (Wildman–Crippen LogP) is 5.80. The van der Waals surface area contributed by atoms with E-state index in [2.05, 4.69) is 0 Å². The van der Waals surface area contributed by atoms with Crippen LogP contribution in [0, 0.1) is 29.1 Å². The fourth-order valence-corrected chi connectivity index (χ4v) is 3.73. The lowest BCUT2D eigenvalue weighted by Gasteiger charge is -2.31. The minimum atomic E-state index is -2.18. The van der Waals surface area contributed by atoms with Crippen LogP contribution in [0.4, 0.5) is 33.3 Å². The van der Waals surface area contributed by atoms with Crippen LogP contribution in [0.1, 0.15) is 22.6 Å². The Balaban J connectivity index is 2.04. The van der Waals surface area contributed by atoms with Gasteiger partial charge in [0.25, 0.3) is 0 Å². The highest BCUT2D eigenvalue weighted by molar-refractivity contribution is 5.66. The number of hydrogen-bond donors (Lipinski definition) is 0. The molecule has 1 heterocycles. The van der Waals surface area contributed by atoms with Gasteiger partial charge in [0.15, 0.2) is 23.3 Å². The number of nitrogens with zero attached hydrogens (tertiary/aromatic N) is 2. The van der Waals surface area contributed by atoms with Crippen molar-refractivity contribution in [2.45, 2.75) is 5.92 Å². The van der Waals surface area contributed by atoms with Crippen molar-refractivity contribution in [1.82, 2.24) is 0 Å². The molecular formula is C23H19F5N2O. The Kier molecular flexibility index (Phi) is 5.03. The SMILES string of the molecule is CN(C)c1ccc2c(c1)Oc1cc(N(C)C)ccc1C2c1c(F)c(F)c(F)c(F)c1F. The van der Waals surface area contributed by atoms with E-state index in [1.54, 1.807) is 36.4 Å². The molecule has 0 amide bonds. The first-order valence-corrected chi connectivity index (χ1v) is 9.43. The third-order valence-electron chi connectivity index (χ3n) is 5.40. The Hall–Kier alpha value is -3.29. The van der Waals surface area contributed by atoms with Gasteiger partial charge in [0.05, 0.1) is 0 Å². The fourth-order valence-electron chi connectivity index (χ4n) is 3.73. The first kappa shape index (κ1) is 21.0. The van der Waals surface area contributed by atoms with E-state index in [-0.39, 0.29) is 11.5 Å². The van der Waals surface area contributed by atoms with Gasteiger partial charge >= 0.3 is 0 Å². The summed E-state index contributed by atoms with van der Waals surface area (Å²) in [6, 6.07) is 9.88. The molecule has 0 aliphatic carbocycles. The van der Waals surface area contributed by atoms with E-state index in [9.17, 15) is 22.0 Å². The summed E-state index contributed by atoms with van der Waals surface area (Å²) in [6.07, 6.45) is 0. The van der Waals surface area contributed by atoms with Gasteiger partial charge in [-0.05, 0) is 12.1 Å². The van der Waals surface area contributed by atoms with Crippen LogP contribution in [0.3, 0.4) is 0 Å². The smallest absolute Gasteiger partial charge is 0.200 e. The van der Waals surface area contributed by atoms with Gasteiger partial charge in [-0.15, -0.1) is 0 Å². The van der Waals surface area contributed by atoms with Crippen LogP contribution in [-0.4, -0.2) is 28.2 Å². The highest BCUT2D eigenvalue weighted by Gasteiger charge is 2.37. The van der Waals surface area contributed by atoms with Gasteiger partial charge in [-0.2, -0.15) is 0 Å². The van der Waals surface area contributed by atoms with Crippen LogP contribution >= 0.6 is 0 Å². The maximum absolute atomic E-state index is 14.8. The molecule has 3 aromatic carbocycles. The fraction of sp³-hybridized carbons (Fsp3) is 0.217. The van der Waals surface area contributed by atoms with E-state index >= 15 is 0 Å². The summed E-state index contributed by atoms with van der Waals surface area (Å²) in [5.41, 5.74) is 1.21. The van der Waals surface area contributed by atoms with E-state index in [4.69, 9.17) is 4.74 Å². The topological polar surface area (TPSA) is 15.7 Å². The van der Waals surface area contributed by atoms with Gasteiger partial charge in [0, 0.05) is 74.3 Å². The molecule has 1 aliphatic rings. The van der Waals surface area contributed by atoms with Crippen molar-refractivity contribution in [2.75, 3.05) is 38.0 Å². The molecule has 3 aromatic rings. The summed E-state index contributed by atoms with van der Waals surface area (Å²) in [7, 11) is 7.24. The number of halogens is 5. The first-order valence-electron chi connectivity index (χ1n) is 9.43. The maximum atomic E-state index is 14.8. The summed E-state index contributed by atoms with van der Waals surface area (Å²) in [5.74, 6) is -10.5. The highest BCUT2D eigenvalue weighted by Crippen LogP contribution is 2.50. The molecule has 0 aromatic heterocycles. The number of ether oxygens (including phenoxy) is 1. The van der Waals surface area contributed by atoms with Crippen molar-refractivity contribution >= 4 is 11.4 Å². The summed E-state index contributed by atoms with van der Waals surface area (Å²) in [6.45, 7) is 0. The van der Waals surface area contributed by atoms with E-state index < -0.39 is 40.6 Å². The van der Waals surface area contributed by atoms with Crippen LogP contribution in [-0.2, 0) is 0 Å². The Morgan fingerprint density at radius 2 is 1.00 bits per heavy atom. The zero-order valence-electron chi connectivity index (χ0n) is 17.2. The lowest BCUT2D eigenvalue weighted by molar-refractivity contribution is 0.366. The van der Waals surface area contributed by atoms with Crippen LogP contribution in [0.15, 0.2) is 36.4 Å². The monoisotopic (exact) mass is 434 g/mol. The second-order valence-corrected chi connectivity index (χ2v) is 7.75. The zero-order valence-corrected chi connectivity index (χ0v) is 17.2. The van der Waals surface area contributed by atoms with Gasteiger partial charge in [0.2, 0.25) is 5.82 Å². The largest absolute Gasteiger partial charge is 0.457 e. The lowest BCUT2D eigenvalue weighted by Crippen LogP contribution is -2.19. The molecule has 1 aliphatic heterocycles. The van der Waals surface area contributed by atoms with Gasteiger partial charge < -0.3 is 14.5 Å². The number of anilines is 2. The van der Waals surface area contributed by atoms with Crippen molar-refractivity contribution in [3.8, 4) is 11.5 Å². The van der Waals surface area contributed by atoms with Crippen molar-refractivity contribution in [1.29, 1.82) is 0 Å². The average Bonchev–Trinajstić information content (AvgIpc) is 2.74. The van der Waals surface area contributed by atoms with Crippen LogP contribution in [0.5, 0.6) is 11.5 Å². The van der Waals surface area contributed by atoms with Gasteiger partial charge in [-0.25, -0.2) is 22.0 Å².